The number of nitrogens with zero attached hydrogens (tertiary/aromatic N) is 4. The molecule has 2 aromatic carbocycles. The fraction of sp³-hybridized carbons (Fsp3) is 0.0769. The largest absolute Gasteiger partial charge is 0.457 e. The van der Waals surface area contributed by atoms with Crippen LogP contribution in [-0.2, 0) is 11.8 Å². The van der Waals surface area contributed by atoms with Crippen LogP contribution in [-0.4, -0.2) is 25.4 Å². The van der Waals surface area contributed by atoms with Gasteiger partial charge in [0, 0.05) is 44.7 Å². The summed E-state index contributed by atoms with van der Waals surface area (Å²) >= 11 is 0. The third-order valence-electron chi connectivity index (χ3n) is 5.35. The Kier molecular flexibility index (Phi) is 5.80. The second-order valence-electron chi connectivity index (χ2n) is 7.86. The molecule has 0 aliphatic heterocycles. The van der Waals surface area contributed by atoms with Gasteiger partial charge in [-0.15, -0.1) is 0 Å². The molecular weight excluding hydrogens is 447 g/mol. The summed E-state index contributed by atoms with van der Waals surface area (Å²) in [6, 6.07) is 17.5. The number of benzene rings is 2. The highest BCUT2D eigenvalue weighted by atomic mass is 19.1. The molecule has 0 fully saturated rings. The molecule has 5 aromatic rings. The fourth-order valence-corrected chi connectivity index (χ4v) is 3.68. The van der Waals surface area contributed by atoms with Crippen molar-refractivity contribution in [2.45, 2.75) is 6.92 Å². The van der Waals surface area contributed by atoms with Gasteiger partial charge in [-0.2, -0.15) is 0 Å². The monoisotopic (exact) mass is 468 g/mol. The van der Waals surface area contributed by atoms with Crippen LogP contribution in [0.4, 0.5) is 21.8 Å². The van der Waals surface area contributed by atoms with E-state index in [9.17, 15) is 9.18 Å². The molecule has 0 saturated heterocycles. The average Bonchev–Trinajstić information content (AvgIpc) is 3.15. The molecule has 0 spiro atoms. The smallest absolute Gasteiger partial charge is 0.222 e. The lowest BCUT2D eigenvalue weighted by molar-refractivity contribution is -0.114. The quantitative estimate of drug-likeness (QED) is 0.334. The van der Waals surface area contributed by atoms with Gasteiger partial charge in [-0.05, 0) is 53.6 Å². The number of carbonyl (C=O) groups is 1. The van der Waals surface area contributed by atoms with Crippen molar-refractivity contribution in [2.24, 2.45) is 7.05 Å². The van der Waals surface area contributed by atoms with Gasteiger partial charge in [0.05, 0.1) is 16.7 Å². The molecule has 8 nitrogen and oxygen atoms in total. The lowest BCUT2D eigenvalue weighted by Crippen LogP contribution is -2.07. The van der Waals surface area contributed by atoms with E-state index >= 15 is 0 Å². The summed E-state index contributed by atoms with van der Waals surface area (Å²) in [4.78, 5) is 24.0. The van der Waals surface area contributed by atoms with Gasteiger partial charge >= 0.3 is 0 Å². The van der Waals surface area contributed by atoms with Crippen molar-refractivity contribution < 1.29 is 13.9 Å². The van der Waals surface area contributed by atoms with E-state index in [1.165, 1.54) is 13.0 Å². The van der Waals surface area contributed by atoms with E-state index in [0.717, 1.165) is 16.6 Å². The first kappa shape index (κ1) is 22.0. The van der Waals surface area contributed by atoms with Crippen LogP contribution in [0.2, 0.25) is 0 Å². The van der Waals surface area contributed by atoms with Crippen molar-refractivity contribution in [3.05, 3.63) is 85.1 Å². The van der Waals surface area contributed by atoms with Crippen molar-refractivity contribution in [1.82, 2.24) is 19.5 Å². The minimum Gasteiger partial charge on any atom is -0.457 e. The molecule has 0 atom stereocenters. The van der Waals surface area contributed by atoms with E-state index in [2.05, 4.69) is 25.6 Å². The second kappa shape index (κ2) is 9.22. The molecule has 1 amide bonds. The Morgan fingerprint density at radius 1 is 0.943 bits per heavy atom. The van der Waals surface area contributed by atoms with Crippen LogP contribution in [0.1, 0.15) is 6.92 Å². The first-order valence-electron chi connectivity index (χ1n) is 10.8. The zero-order valence-electron chi connectivity index (χ0n) is 19.0. The van der Waals surface area contributed by atoms with Gasteiger partial charge in [0.2, 0.25) is 11.9 Å². The highest BCUT2D eigenvalue weighted by Gasteiger charge is 2.13. The number of hydrogen-bond donors (Lipinski definition) is 2. The normalized spacial score (nSPS) is 10.8. The number of carbonyl (C=O) groups excluding carboxylic acids is 1. The number of imidazole rings is 1. The first-order valence-corrected chi connectivity index (χ1v) is 10.8. The number of hydrogen-bond acceptors (Lipinski definition) is 6. The van der Waals surface area contributed by atoms with Gasteiger partial charge in [-0.1, -0.05) is 6.07 Å². The van der Waals surface area contributed by atoms with Gasteiger partial charge < -0.3 is 19.9 Å². The van der Waals surface area contributed by atoms with Crippen LogP contribution in [0.15, 0.2) is 79.3 Å². The maximum Gasteiger partial charge on any atom is 0.222 e. The summed E-state index contributed by atoms with van der Waals surface area (Å²) in [6.07, 6.45) is 4.95. The number of halogens is 1. The minimum absolute atomic E-state index is 0.215. The molecule has 0 aliphatic carbocycles. The molecule has 0 aliphatic rings. The summed E-state index contributed by atoms with van der Waals surface area (Å²) in [5.41, 5.74) is 3.64. The van der Waals surface area contributed by atoms with E-state index in [-0.39, 0.29) is 11.7 Å². The SMILES string of the molecule is CC(=O)Nc1cc(Oc2ccc3c(c2)nc(Nc2cc(-c4ccncc4)ccc2F)n3C)ccn1. The molecule has 3 heterocycles. The van der Waals surface area contributed by atoms with E-state index in [1.54, 1.807) is 48.9 Å². The standard InChI is InChI=1S/C26H21FN6O2/c1-16(34)30-25-15-20(9-12-29-25)35-19-4-6-24-23(14-19)32-26(33(24)2)31-22-13-18(3-5-21(22)27)17-7-10-28-11-8-17/h3-15H,1-2H3,(H,31,32)(H,29,30,34). The summed E-state index contributed by atoms with van der Waals surface area (Å²) in [5, 5.41) is 5.73. The second-order valence-corrected chi connectivity index (χ2v) is 7.86. The van der Waals surface area contributed by atoms with E-state index in [4.69, 9.17) is 4.74 Å². The first-order chi connectivity index (χ1) is 17.0. The van der Waals surface area contributed by atoms with Gasteiger partial charge in [0.1, 0.15) is 23.1 Å². The molecule has 2 N–H and O–H groups in total. The zero-order chi connectivity index (χ0) is 24.4. The topological polar surface area (TPSA) is 94.0 Å². The Labute approximate surface area is 200 Å². The summed E-state index contributed by atoms with van der Waals surface area (Å²) < 4.78 is 22.4. The van der Waals surface area contributed by atoms with Gasteiger partial charge in [-0.3, -0.25) is 9.78 Å². The Balaban J connectivity index is 1.41. The number of aryl methyl sites for hydroxylation is 1. The Morgan fingerprint density at radius 2 is 1.74 bits per heavy atom. The molecule has 3 aromatic heterocycles. The molecule has 0 unspecified atom stereocenters. The van der Waals surface area contributed by atoms with Crippen molar-refractivity contribution in [3.8, 4) is 22.6 Å². The Hall–Kier alpha value is -4.79. The fourth-order valence-electron chi connectivity index (χ4n) is 3.68. The number of rotatable bonds is 6. The maximum atomic E-state index is 14.6. The summed E-state index contributed by atoms with van der Waals surface area (Å²) in [6.45, 7) is 1.41. The molecule has 35 heavy (non-hydrogen) atoms. The van der Waals surface area contributed by atoms with Crippen molar-refractivity contribution in [1.29, 1.82) is 0 Å². The highest BCUT2D eigenvalue weighted by molar-refractivity contribution is 5.87. The number of amides is 1. The highest BCUT2D eigenvalue weighted by Crippen LogP contribution is 2.30. The van der Waals surface area contributed by atoms with Crippen LogP contribution in [0.25, 0.3) is 22.2 Å². The number of nitrogens with one attached hydrogen (secondary N) is 2. The van der Waals surface area contributed by atoms with Crippen molar-refractivity contribution in [2.75, 3.05) is 10.6 Å². The minimum atomic E-state index is -0.383. The number of fused-ring (bicyclic) bond motifs is 1. The maximum absolute atomic E-state index is 14.6. The van der Waals surface area contributed by atoms with Crippen LogP contribution >= 0.6 is 0 Å². The Bertz CT molecular complexity index is 1530. The summed E-state index contributed by atoms with van der Waals surface area (Å²) in [5.74, 6) is 1.37. The molecule has 0 bridgehead atoms. The van der Waals surface area contributed by atoms with Crippen molar-refractivity contribution >= 4 is 34.4 Å². The number of aromatic nitrogens is 4. The molecule has 5 rings (SSSR count). The third kappa shape index (κ3) is 4.79. The number of ether oxygens (including phenoxy) is 1. The molecular formula is C26H21FN6O2. The zero-order valence-corrected chi connectivity index (χ0v) is 19.0. The lowest BCUT2D eigenvalue weighted by Gasteiger charge is -2.10. The molecule has 9 heteroatoms. The molecule has 0 saturated carbocycles. The van der Waals surface area contributed by atoms with Crippen LogP contribution in [0.3, 0.4) is 0 Å². The van der Waals surface area contributed by atoms with Gasteiger partial charge in [-0.25, -0.2) is 14.4 Å². The predicted molar refractivity (Wildman–Crippen MR) is 132 cm³/mol. The lowest BCUT2D eigenvalue weighted by atomic mass is 10.1. The van der Waals surface area contributed by atoms with Gasteiger partial charge in [0.15, 0.2) is 0 Å². The van der Waals surface area contributed by atoms with Crippen LogP contribution < -0.4 is 15.4 Å². The van der Waals surface area contributed by atoms with E-state index < -0.39 is 0 Å². The third-order valence-corrected chi connectivity index (χ3v) is 5.35. The van der Waals surface area contributed by atoms with Gasteiger partial charge in [0.25, 0.3) is 0 Å². The van der Waals surface area contributed by atoms with E-state index in [1.807, 2.05) is 35.9 Å². The number of pyridine rings is 2. The van der Waals surface area contributed by atoms with Crippen LogP contribution in [0.5, 0.6) is 11.5 Å². The number of anilines is 3. The average molecular weight is 468 g/mol. The Morgan fingerprint density at radius 3 is 2.54 bits per heavy atom. The van der Waals surface area contributed by atoms with Crippen LogP contribution in [0, 0.1) is 5.82 Å². The predicted octanol–water partition coefficient (Wildman–Crippen LogP) is 5.66. The molecule has 174 valence electrons. The summed E-state index contributed by atoms with van der Waals surface area (Å²) in [7, 11) is 1.85. The van der Waals surface area contributed by atoms with Crippen molar-refractivity contribution in [3.63, 3.8) is 0 Å². The molecule has 0 radical (unpaired) electrons. The van der Waals surface area contributed by atoms with E-state index in [0.29, 0.717) is 34.5 Å².